The predicted molar refractivity (Wildman–Crippen MR) is 67.3 cm³/mol. The standard InChI is InChI=1S/C12H20N2S/c1-5-13-11(7-6-9(2)3)12-8-14-10(4)15-12/h8,11,13H,2,5-7H2,1,3-4H3. The number of thiazole rings is 1. The molecule has 0 spiro atoms. The Balaban J connectivity index is 2.60. The topological polar surface area (TPSA) is 24.9 Å². The summed E-state index contributed by atoms with van der Waals surface area (Å²) in [5, 5.41) is 4.64. The van der Waals surface area contributed by atoms with Crippen LogP contribution >= 0.6 is 11.3 Å². The third-order valence-corrected chi connectivity index (χ3v) is 3.32. The Bertz CT molecular complexity index is 317. The number of allylic oxidation sites excluding steroid dienone is 1. The lowest BCUT2D eigenvalue weighted by Crippen LogP contribution is -2.19. The van der Waals surface area contributed by atoms with Gasteiger partial charge in [-0.2, -0.15) is 0 Å². The second-order valence-corrected chi connectivity index (χ2v) is 5.15. The molecule has 0 amide bonds. The molecule has 84 valence electrons. The van der Waals surface area contributed by atoms with Gasteiger partial charge in [0.15, 0.2) is 0 Å². The van der Waals surface area contributed by atoms with E-state index in [1.54, 1.807) is 11.3 Å². The maximum Gasteiger partial charge on any atom is 0.0897 e. The molecule has 1 unspecified atom stereocenters. The number of aromatic nitrogens is 1. The van der Waals surface area contributed by atoms with Crippen molar-refractivity contribution in [1.29, 1.82) is 0 Å². The minimum atomic E-state index is 0.442. The Hall–Kier alpha value is -0.670. The second kappa shape index (κ2) is 6.03. The van der Waals surface area contributed by atoms with Crippen LogP contribution in [0.15, 0.2) is 18.3 Å². The van der Waals surface area contributed by atoms with Crippen molar-refractivity contribution >= 4 is 11.3 Å². The summed E-state index contributed by atoms with van der Waals surface area (Å²) in [6, 6.07) is 0.442. The van der Waals surface area contributed by atoms with Gasteiger partial charge in [-0.05, 0) is 33.2 Å². The van der Waals surface area contributed by atoms with E-state index in [0.29, 0.717) is 6.04 Å². The van der Waals surface area contributed by atoms with Crippen molar-refractivity contribution in [3.8, 4) is 0 Å². The zero-order valence-corrected chi connectivity index (χ0v) is 10.7. The average Bonchev–Trinajstić information content (AvgIpc) is 2.59. The lowest BCUT2D eigenvalue weighted by Gasteiger charge is -2.15. The Morgan fingerprint density at radius 3 is 2.87 bits per heavy atom. The van der Waals surface area contributed by atoms with Gasteiger partial charge in [0.25, 0.3) is 0 Å². The number of nitrogens with zero attached hydrogens (tertiary/aromatic N) is 1. The Morgan fingerprint density at radius 2 is 2.40 bits per heavy atom. The monoisotopic (exact) mass is 224 g/mol. The van der Waals surface area contributed by atoms with Crippen LogP contribution in [0.3, 0.4) is 0 Å². The van der Waals surface area contributed by atoms with Crippen molar-refractivity contribution in [3.63, 3.8) is 0 Å². The molecule has 0 aromatic carbocycles. The summed E-state index contributed by atoms with van der Waals surface area (Å²) in [5.74, 6) is 0. The fourth-order valence-corrected chi connectivity index (χ4v) is 2.42. The fourth-order valence-electron chi connectivity index (χ4n) is 1.52. The molecule has 2 nitrogen and oxygen atoms in total. The molecule has 0 radical (unpaired) electrons. The highest BCUT2D eigenvalue weighted by molar-refractivity contribution is 7.11. The van der Waals surface area contributed by atoms with Gasteiger partial charge in [0.2, 0.25) is 0 Å². The van der Waals surface area contributed by atoms with Gasteiger partial charge in [0, 0.05) is 17.1 Å². The number of rotatable bonds is 6. The van der Waals surface area contributed by atoms with E-state index in [1.165, 1.54) is 10.5 Å². The molecule has 0 aliphatic rings. The first-order chi connectivity index (χ1) is 7.13. The van der Waals surface area contributed by atoms with E-state index in [0.717, 1.165) is 24.4 Å². The first-order valence-corrected chi connectivity index (χ1v) is 6.25. The van der Waals surface area contributed by atoms with Gasteiger partial charge in [-0.25, -0.2) is 4.98 Å². The molecule has 1 aromatic heterocycles. The molecule has 0 aliphatic carbocycles. The van der Waals surface area contributed by atoms with E-state index in [1.807, 2.05) is 6.20 Å². The molecule has 15 heavy (non-hydrogen) atoms. The second-order valence-electron chi connectivity index (χ2n) is 3.89. The molecular weight excluding hydrogens is 204 g/mol. The van der Waals surface area contributed by atoms with Crippen LogP contribution in [0.2, 0.25) is 0 Å². The summed E-state index contributed by atoms with van der Waals surface area (Å²) >= 11 is 1.78. The van der Waals surface area contributed by atoms with E-state index in [2.05, 4.69) is 37.7 Å². The van der Waals surface area contributed by atoms with Crippen LogP contribution in [0.1, 0.15) is 42.6 Å². The Morgan fingerprint density at radius 1 is 1.67 bits per heavy atom. The molecule has 1 atom stereocenters. The van der Waals surface area contributed by atoms with Crippen LogP contribution in [0.4, 0.5) is 0 Å². The molecule has 1 aromatic rings. The predicted octanol–water partition coefficient (Wildman–Crippen LogP) is 3.46. The van der Waals surface area contributed by atoms with Crippen LogP contribution in [0.5, 0.6) is 0 Å². The van der Waals surface area contributed by atoms with Crippen molar-refractivity contribution in [2.45, 2.75) is 39.7 Å². The summed E-state index contributed by atoms with van der Waals surface area (Å²) in [5.41, 5.74) is 1.25. The third-order valence-electron chi connectivity index (χ3n) is 2.29. The quantitative estimate of drug-likeness (QED) is 0.749. The molecule has 3 heteroatoms. The summed E-state index contributed by atoms with van der Waals surface area (Å²) < 4.78 is 0. The van der Waals surface area contributed by atoms with Crippen molar-refractivity contribution in [1.82, 2.24) is 10.3 Å². The van der Waals surface area contributed by atoms with E-state index in [-0.39, 0.29) is 0 Å². The van der Waals surface area contributed by atoms with Gasteiger partial charge >= 0.3 is 0 Å². The zero-order chi connectivity index (χ0) is 11.3. The van der Waals surface area contributed by atoms with E-state index in [9.17, 15) is 0 Å². The normalized spacial score (nSPS) is 12.7. The smallest absolute Gasteiger partial charge is 0.0897 e. The molecule has 1 heterocycles. The van der Waals surface area contributed by atoms with Gasteiger partial charge in [0.1, 0.15) is 0 Å². The SMILES string of the molecule is C=C(C)CCC(NCC)c1cnc(C)s1. The van der Waals surface area contributed by atoms with Gasteiger partial charge in [-0.1, -0.05) is 12.5 Å². The van der Waals surface area contributed by atoms with Gasteiger partial charge in [0.05, 0.1) is 5.01 Å². The van der Waals surface area contributed by atoms with Crippen molar-refractivity contribution in [2.75, 3.05) is 6.54 Å². The van der Waals surface area contributed by atoms with Gasteiger partial charge in [-0.3, -0.25) is 0 Å². The first-order valence-electron chi connectivity index (χ1n) is 5.43. The van der Waals surface area contributed by atoms with Gasteiger partial charge < -0.3 is 5.32 Å². The van der Waals surface area contributed by atoms with Crippen molar-refractivity contribution < 1.29 is 0 Å². The van der Waals surface area contributed by atoms with Crippen molar-refractivity contribution in [3.05, 3.63) is 28.2 Å². The summed E-state index contributed by atoms with van der Waals surface area (Å²) in [6.45, 7) is 11.2. The molecule has 0 aliphatic heterocycles. The number of hydrogen-bond acceptors (Lipinski definition) is 3. The van der Waals surface area contributed by atoms with Crippen LogP contribution in [0.25, 0.3) is 0 Å². The van der Waals surface area contributed by atoms with Crippen molar-refractivity contribution in [2.24, 2.45) is 0 Å². The summed E-state index contributed by atoms with van der Waals surface area (Å²) in [7, 11) is 0. The minimum absolute atomic E-state index is 0.442. The average molecular weight is 224 g/mol. The Labute approximate surface area is 96.4 Å². The molecule has 0 fully saturated rings. The highest BCUT2D eigenvalue weighted by Crippen LogP contribution is 2.25. The van der Waals surface area contributed by atoms with Crippen LogP contribution in [-0.4, -0.2) is 11.5 Å². The van der Waals surface area contributed by atoms with E-state index < -0.39 is 0 Å². The highest BCUT2D eigenvalue weighted by atomic mass is 32.1. The first kappa shape index (κ1) is 12.4. The lowest BCUT2D eigenvalue weighted by atomic mass is 10.1. The maximum absolute atomic E-state index is 4.30. The largest absolute Gasteiger partial charge is 0.309 e. The molecule has 1 rings (SSSR count). The summed E-state index contributed by atoms with van der Waals surface area (Å²) in [6.07, 6.45) is 4.19. The molecule has 0 saturated heterocycles. The number of nitrogens with one attached hydrogen (secondary N) is 1. The van der Waals surface area contributed by atoms with Gasteiger partial charge in [-0.15, -0.1) is 17.9 Å². The molecule has 0 saturated carbocycles. The molecular formula is C12H20N2S. The maximum atomic E-state index is 4.30. The van der Waals surface area contributed by atoms with Crippen LogP contribution in [-0.2, 0) is 0 Å². The van der Waals surface area contributed by atoms with Crippen LogP contribution < -0.4 is 5.32 Å². The number of hydrogen-bond donors (Lipinski definition) is 1. The Kier molecular flexibility index (Phi) is 4.99. The van der Waals surface area contributed by atoms with E-state index >= 15 is 0 Å². The lowest BCUT2D eigenvalue weighted by molar-refractivity contribution is 0.521. The molecule has 0 bridgehead atoms. The third kappa shape index (κ3) is 4.14. The highest BCUT2D eigenvalue weighted by Gasteiger charge is 2.12. The summed E-state index contributed by atoms with van der Waals surface area (Å²) in [4.78, 5) is 5.65. The van der Waals surface area contributed by atoms with Crippen LogP contribution in [0, 0.1) is 6.92 Å². The zero-order valence-electron chi connectivity index (χ0n) is 9.84. The fraction of sp³-hybridized carbons (Fsp3) is 0.583. The minimum Gasteiger partial charge on any atom is -0.309 e. The van der Waals surface area contributed by atoms with E-state index in [4.69, 9.17) is 0 Å². The molecule has 1 N–H and O–H groups in total. The number of aryl methyl sites for hydroxylation is 1.